The zero-order valence-corrected chi connectivity index (χ0v) is 18.9. The number of nitrogens with zero attached hydrogens (tertiary/aromatic N) is 4. The van der Waals surface area contributed by atoms with Crippen LogP contribution in [-0.2, 0) is 12.8 Å². The van der Waals surface area contributed by atoms with Gasteiger partial charge in [0, 0.05) is 70.6 Å². The number of aromatic nitrogens is 3. The van der Waals surface area contributed by atoms with Crippen LogP contribution in [0.3, 0.4) is 0 Å². The van der Waals surface area contributed by atoms with Crippen LogP contribution in [-0.4, -0.2) is 21.0 Å². The van der Waals surface area contributed by atoms with Crippen LogP contribution in [0.15, 0.2) is 83.7 Å². The fraction of sp³-hybridized carbons (Fsp3) is 0.143. The summed E-state index contributed by atoms with van der Waals surface area (Å²) in [6.07, 6.45) is 7.80. The first-order valence-corrected chi connectivity index (χ1v) is 11.5. The van der Waals surface area contributed by atoms with E-state index in [0.717, 1.165) is 64.3 Å². The summed E-state index contributed by atoms with van der Waals surface area (Å²) in [5.41, 5.74) is 8.51. The van der Waals surface area contributed by atoms with Crippen molar-refractivity contribution in [2.75, 3.05) is 10.6 Å². The molecule has 1 unspecified atom stereocenters. The van der Waals surface area contributed by atoms with E-state index in [1.165, 1.54) is 0 Å². The van der Waals surface area contributed by atoms with Gasteiger partial charge in [0.2, 0.25) is 11.9 Å². The summed E-state index contributed by atoms with van der Waals surface area (Å²) in [6, 6.07) is 19.7. The van der Waals surface area contributed by atoms with E-state index in [4.69, 9.17) is 11.0 Å². The molecule has 1 atom stereocenters. The molecule has 0 aliphatic heterocycles. The summed E-state index contributed by atoms with van der Waals surface area (Å²) in [5.74, 6) is 0.578. The molecule has 0 spiro atoms. The molecule has 0 bridgehead atoms. The molecular formula is C28H22N6O. The number of pyridine rings is 2. The first kappa shape index (κ1) is 20.9. The molecule has 3 aromatic heterocycles. The van der Waals surface area contributed by atoms with Crippen molar-refractivity contribution < 1.29 is 4.42 Å². The molecule has 7 heteroatoms. The van der Waals surface area contributed by atoms with E-state index >= 15 is 0 Å². The number of aryl methyl sites for hydroxylation is 1. The zero-order chi connectivity index (χ0) is 23.6. The fourth-order valence-corrected chi connectivity index (χ4v) is 4.43. The average molecular weight is 459 g/mol. The van der Waals surface area contributed by atoms with Crippen LogP contribution < -0.4 is 10.6 Å². The van der Waals surface area contributed by atoms with Gasteiger partial charge in [0.1, 0.15) is 5.52 Å². The van der Waals surface area contributed by atoms with E-state index in [-0.39, 0.29) is 6.04 Å². The number of rotatable bonds is 5. The van der Waals surface area contributed by atoms with E-state index in [1.54, 1.807) is 12.4 Å². The van der Waals surface area contributed by atoms with Crippen LogP contribution in [0.2, 0.25) is 0 Å². The van der Waals surface area contributed by atoms with Gasteiger partial charge < -0.3 is 19.9 Å². The Kier molecular flexibility index (Phi) is 5.32. The highest BCUT2D eigenvalue weighted by Gasteiger charge is 2.25. The van der Waals surface area contributed by atoms with Crippen LogP contribution in [0.1, 0.15) is 17.7 Å². The number of nitrogens with one attached hydrogen (secondary N) is 2. The highest BCUT2D eigenvalue weighted by Crippen LogP contribution is 2.32. The topological polar surface area (TPSA) is 80.2 Å². The average Bonchev–Trinajstić information content (AvgIpc) is 3.33. The molecule has 2 N–H and O–H groups in total. The van der Waals surface area contributed by atoms with Gasteiger partial charge in [-0.15, -0.1) is 0 Å². The monoisotopic (exact) mass is 458 g/mol. The third kappa shape index (κ3) is 4.30. The fourth-order valence-electron chi connectivity index (χ4n) is 4.43. The summed E-state index contributed by atoms with van der Waals surface area (Å²) >= 11 is 0. The lowest BCUT2D eigenvalue weighted by Crippen LogP contribution is -2.18. The SMILES string of the molecule is [C-]#[N+]C1CCc2nccc(Nc3ccc4nc(-c5ccc(Nc6ccncc6)cc5)oc4c3)c2C1. The number of anilines is 4. The van der Waals surface area contributed by atoms with E-state index in [2.05, 4.69) is 30.4 Å². The molecular weight excluding hydrogens is 436 g/mol. The van der Waals surface area contributed by atoms with Crippen molar-refractivity contribution in [3.8, 4) is 11.5 Å². The smallest absolute Gasteiger partial charge is 0.228 e. The highest BCUT2D eigenvalue weighted by molar-refractivity contribution is 5.81. The van der Waals surface area contributed by atoms with Gasteiger partial charge in [-0.3, -0.25) is 9.97 Å². The van der Waals surface area contributed by atoms with Crippen molar-refractivity contribution in [2.45, 2.75) is 25.3 Å². The minimum absolute atomic E-state index is 0.0258. The summed E-state index contributed by atoms with van der Waals surface area (Å²) < 4.78 is 6.11. The van der Waals surface area contributed by atoms with E-state index in [1.807, 2.05) is 66.9 Å². The molecule has 1 aliphatic carbocycles. The Bertz CT molecular complexity index is 1540. The van der Waals surface area contributed by atoms with Gasteiger partial charge in [0.25, 0.3) is 0 Å². The summed E-state index contributed by atoms with van der Waals surface area (Å²) in [7, 11) is 0. The molecule has 6 rings (SSSR count). The minimum atomic E-state index is 0.0258. The van der Waals surface area contributed by atoms with Gasteiger partial charge in [0.05, 0.1) is 6.42 Å². The number of fused-ring (bicyclic) bond motifs is 2. The number of oxazole rings is 1. The quantitative estimate of drug-likeness (QED) is 0.291. The van der Waals surface area contributed by atoms with Gasteiger partial charge in [-0.05, 0) is 61.0 Å². The highest BCUT2D eigenvalue weighted by atomic mass is 16.3. The second-order valence-corrected chi connectivity index (χ2v) is 8.57. The molecule has 0 fully saturated rings. The maximum Gasteiger partial charge on any atom is 0.228 e. The van der Waals surface area contributed by atoms with Crippen molar-refractivity contribution in [1.29, 1.82) is 0 Å². The molecule has 0 amide bonds. The largest absolute Gasteiger partial charge is 0.436 e. The third-order valence-electron chi connectivity index (χ3n) is 6.25. The zero-order valence-electron chi connectivity index (χ0n) is 18.9. The van der Waals surface area contributed by atoms with Crippen LogP contribution in [0, 0.1) is 6.57 Å². The summed E-state index contributed by atoms with van der Waals surface area (Å²) in [5, 5.41) is 6.85. The normalized spacial score (nSPS) is 14.8. The van der Waals surface area contributed by atoms with Crippen molar-refractivity contribution in [1.82, 2.24) is 15.0 Å². The maximum absolute atomic E-state index is 7.41. The molecule has 5 aromatic rings. The number of hydrogen-bond donors (Lipinski definition) is 2. The Morgan fingerprint density at radius 1 is 0.886 bits per heavy atom. The van der Waals surface area contributed by atoms with E-state index in [9.17, 15) is 0 Å². The van der Waals surface area contributed by atoms with Gasteiger partial charge in [-0.2, -0.15) is 0 Å². The van der Waals surface area contributed by atoms with Crippen molar-refractivity contribution >= 4 is 33.8 Å². The molecule has 0 saturated carbocycles. The first-order chi connectivity index (χ1) is 17.2. The van der Waals surface area contributed by atoms with E-state index < -0.39 is 0 Å². The van der Waals surface area contributed by atoms with Crippen LogP contribution in [0.25, 0.3) is 27.4 Å². The lowest BCUT2D eigenvalue weighted by molar-refractivity contribution is 0.620. The Labute approximate surface area is 202 Å². The molecule has 0 saturated heterocycles. The Morgan fingerprint density at radius 3 is 2.51 bits per heavy atom. The van der Waals surface area contributed by atoms with Gasteiger partial charge >= 0.3 is 0 Å². The molecule has 3 heterocycles. The van der Waals surface area contributed by atoms with Crippen LogP contribution >= 0.6 is 0 Å². The Hall–Kier alpha value is -4.70. The second-order valence-electron chi connectivity index (χ2n) is 8.57. The van der Waals surface area contributed by atoms with Crippen molar-refractivity contribution in [3.63, 3.8) is 0 Å². The van der Waals surface area contributed by atoms with Crippen LogP contribution in [0.5, 0.6) is 0 Å². The van der Waals surface area contributed by atoms with Crippen molar-refractivity contribution in [2.24, 2.45) is 0 Å². The molecule has 35 heavy (non-hydrogen) atoms. The predicted octanol–water partition coefficient (Wildman–Crippen LogP) is 6.55. The van der Waals surface area contributed by atoms with Gasteiger partial charge in [-0.1, -0.05) is 0 Å². The third-order valence-corrected chi connectivity index (χ3v) is 6.25. The number of hydrogen-bond acceptors (Lipinski definition) is 6. The molecule has 0 radical (unpaired) electrons. The first-order valence-electron chi connectivity index (χ1n) is 11.5. The molecule has 1 aliphatic rings. The Balaban J connectivity index is 1.23. The van der Waals surface area contributed by atoms with Crippen LogP contribution in [0.4, 0.5) is 22.7 Å². The summed E-state index contributed by atoms with van der Waals surface area (Å²) in [4.78, 5) is 17.0. The molecule has 7 nitrogen and oxygen atoms in total. The molecule has 170 valence electrons. The second kappa shape index (κ2) is 8.92. The predicted molar refractivity (Wildman–Crippen MR) is 137 cm³/mol. The summed E-state index contributed by atoms with van der Waals surface area (Å²) in [6.45, 7) is 7.41. The lowest BCUT2D eigenvalue weighted by Gasteiger charge is -2.20. The van der Waals surface area contributed by atoms with Gasteiger partial charge in [0.15, 0.2) is 5.58 Å². The van der Waals surface area contributed by atoms with E-state index in [0.29, 0.717) is 11.5 Å². The lowest BCUT2D eigenvalue weighted by atomic mass is 9.91. The van der Waals surface area contributed by atoms with Crippen molar-refractivity contribution in [3.05, 3.63) is 102 Å². The molecule has 2 aromatic carbocycles. The number of benzene rings is 2. The van der Waals surface area contributed by atoms with Gasteiger partial charge in [-0.25, -0.2) is 11.6 Å². The maximum atomic E-state index is 7.41. The standard InChI is InChI=1S/C28H22N6O/c1-29-21-6-8-24-23(16-21)25(12-15-31-24)33-22-7-9-26-27(17-22)35-28(34-26)18-2-4-19(5-3-18)32-20-10-13-30-14-11-20/h2-5,7,9-15,17,21H,6,8,16H2,(H,30,32)(H,31,33). The minimum Gasteiger partial charge on any atom is -0.436 e. The Morgan fingerprint density at radius 2 is 1.69 bits per heavy atom.